The first-order valence-electron chi connectivity index (χ1n) is 9.62. The third-order valence-electron chi connectivity index (χ3n) is 5.36. The lowest BCUT2D eigenvalue weighted by molar-refractivity contribution is 0.0475. The van der Waals surface area contributed by atoms with Crippen LogP contribution >= 0.6 is 11.6 Å². The molecule has 6 nitrogen and oxygen atoms in total. The van der Waals surface area contributed by atoms with E-state index in [-0.39, 0.29) is 42.0 Å². The van der Waals surface area contributed by atoms with Gasteiger partial charge in [-0.1, -0.05) is 23.7 Å². The predicted molar refractivity (Wildman–Crippen MR) is 108 cm³/mol. The van der Waals surface area contributed by atoms with Gasteiger partial charge in [-0.3, -0.25) is 19.3 Å². The Morgan fingerprint density at radius 1 is 1.17 bits per heavy atom. The molecule has 1 fully saturated rings. The monoisotopic (exact) mass is 412 g/mol. The first kappa shape index (κ1) is 19.6. The van der Waals surface area contributed by atoms with Crippen molar-refractivity contribution in [1.29, 1.82) is 0 Å². The van der Waals surface area contributed by atoms with Crippen LogP contribution in [0.3, 0.4) is 0 Å². The standard InChI is InChI=1S/C22H21ClN2O4/c1-13(14-4-7-16(23)8-5-14)24-20(26)15-6-9-18-19(11-15)22(28)25(21(18)27)12-17-3-2-10-29-17/h4-9,11,13,17H,2-3,10,12H2,1H3,(H,24,26). The Hall–Kier alpha value is -2.70. The summed E-state index contributed by atoms with van der Waals surface area (Å²) in [6, 6.07) is 11.6. The number of rotatable bonds is 5. The van der Waals surface area contributed by atoms with Crippen molar-refractivity contribution in [3.05, 3.63) is 69.7 Å². The van der Waals surface area contributed by atoms with Crippen LogP contribution < -0.4 is 5.32 Å². The molecule has 2 unspecified atom stereocenters. The molecule has 2 aromatic carbocycles. The number of fused-ring (bicyclic) bond motifs is 1. The number of hydrogen-bond donors (Lipinski definition) is 1. The van der Waals surface area contributed by atoms with Gasteiger partial charge >= 0.3 is 0 Å². The molecule has 4 rings (SSSR count). The van der Waals surface area contributed by atoms with Gasteiger partial charge in [-0.15, -0.1) is 0 Å². The summed E-state index contributed by atoms with van der Waals surface area (Å²) >= 11 is 5.90. The van der Waals surface area contributed by atoms with Gasteiger partial charge in [-0.05, 0) is 55.7 Å². The highest BCUT2D eigenvalue weighted by Crippen LogP contribution is 2.26. The van der Waals surface area contributed by atoms with Gasteiger partial charge in [0.1, 0.15) is 0 Å². The number of carbonyl (C=O) groups excluding carboxylic acids is 3. The molecule has 0 aliphatic carbocycles. The molecule has 2 heterocycles. The molecular weight excluding hydrogens is 392 g/mol. The van der Waals surface area contributed by atoms with E-state index in [0.29, 0.717) is 22.8 Å². The minimum atomic E-state index is -0.374. The van der Waals surface area contributed by atoms with E-state index in [9.17, 15) is 14.4 Å². The lowest BCUT2D eigenvalue weighted by Crippen LogP contribution is -2.36. The Labute approximate surface area is 173 Å². The van der Waals surface area contributed by atoms with Crippen molar-refractivity contribution in [1.82, 2.24) is 10.2 Å². The summed E-state index contributed by atoms with van der Waals surface area (Å²) in [6.45, 7) is 2.78. The summed E-state index contributed by atoms with van der Waals surface area (Å²) < 4.78 is 5.55. The molecule has 0 bridgehead atoms. The zero-order valence-corrected chi connectivity index (χ0v) is 16.7. The Bertz CT molecular complexity index is 967. The van der Waals surface area contributed by atoms with Gasteiger partial charge in [-0.25, -0.2) is 0 Å². The van der Waals surface area contributed by atoms with Gasteiger partial charge in [0.25, 0.3) is 17.7 Å². The summed E-state index contributed by atoms with van der Waals surface area (Å²) in [5.74, 6) is -1.02. The number of nitrogens with one attached hydrogen (secondary N) is 1. The highest BCUT2D eigenvalue weighted by Gasteiger charge is 2.38. The van der Waals surface area contributed by atoms with Crippen LogP contribution in [-0.2, 0) is 4.74 Å². The largest absolute Gasteiger partial charge is 0.376 e. The fraction of sp³-hybridized carbons (Fsp3) is 0.318. The van der Waals surface area contributed by atoms with E-state index in [1.807, 2.05) is 19.1 Å². The molecule has 7 heteroatoms. The molecule has 2 aliphatic rings. The normalized spacial score (nSPS) is 19.4. The SMILES string of the molecule is CC(NC(=O)c1ccc2c(c1)C(=O)N(CC1CCCO1)C2=O)c1ccc(Cl)cc1. The van der Waals surface area contributed by atoms with Crippen LogP contribution in [0.4, 0.5) is 0 Å². The average Bonchev–Trinajstić information content (AvgIpc) is 3.31. The minimum Gasteiger partial charge on any atom is -0.376 e. The lowest BCUT2D eigenvalue weighted by atomic mass is 10.0. The number of carbonyl (C=O) groups is 3. The summed E-state index contributed by atoms with van der Waals surface area (Å²) in [4.78, 5) is 39.3. The van der Waals surface area contributed by atoms with E-state index in [4.69, 9.17) is 16.3 Å². The summed E-state index contributed by atoms with van der Waals surface area (Å²) in [5, 5.41) is 3.53. The number of halogens is 1. The molecular formula is C22H21ClN2O4. The molecule has 0 aromatic heterocycles. The van der Waals surface area contributed by atoms with Gasteiger partial charge in [0, 0.05) is 17.2 Å². The smallest absolute Gasteiger partial charge is 0.261 e. The van der Waals surface area contributed by atoms with Crippen LogP contribution in [0.5, 0.6) is 0 Å². The maximum atomic E-state index is 12.8. The first-order chi connectivity index (χ1) is 13.9. The molecule has 2 aromatic rings. The number of benzene rings is 2. The highest BCUT2D eigenvalue weighted by molar-refractivity contribution is 6.30. The Balaban J connectivity index is 1.49. The predicted octanol–water partition coefficient (Wildman–Crippen LogP) is 3.61. The highest BCUT2D eigenvalue weighted by atomic mass is 35.5. The number of imide groups is 1. The lowest BCUT2D eigenvalue weighted by Gasteiger charge is -2.17. The van der Waals surface area contributed by atoms with E-state index in [1.165, 1.54) is 11.0 Å². The van der Waals surface area contributed by atoms with Crippen LogP contribution in [0.2, 0.25) is 5.02 Å². The Kier molecular flexibility index (Phi) is 5.39. The zero-order valence-electron chi connectivity index (χ0n) is 16.0. The Morgan fingerprint density at radius 2 is 1.90 bits per heavy atom. The Morgan fingerprint density at radius 3 is 2.59 bits per heavy atom. The third-order valence-corrected chi connectivity index (χ3v) is 5.61. The molecule has 2 aliphatic heterocycles. The van der Waals surface area contributed by atoms with Crippen molar-refractivity contribution in [2.45, 2.75) is 31.9 Å². The summed E-state index contributed by atoms with van der Waals surface area (Å²) in [7, 11) is 0. The van der Waals surface area contributed by atoms with Crippen LogP contribution in [0.15, 0.2) is 42.5 Å². The van der Waals surface area contributed by atoms with E-state index in [0.717, 1.165) is 18.4 Å². The molecule has 150 valence electrons. The molecule has 29 heavy (non-hydrogen) atoms. The second kappa shape index (κ2) is 7.97. The summed E-state index contributed by atoms with van der Waals surface area (Å²) in [5.41, 5.74) is 1.85. The van der Waals surface area contributed by atoms with Crippen LogP contribution in [-0.4, -0.2) is 41.9 Å². The quantitative estimate of drug-likeness (QED) is 0.761. The van der Waals surface area contributed by atoms with Crippen LogP contribution in [0.1, 0.15) is 62.4 Å². The third kappa shape index (κ3) is 3.91. The first-order valence-corrected chi connectivity index (χ1v) is 10.00. The van der Waals surface area contributed by atoms with Gasteiger partial charge in [0.2, 0.25) is 0 Å². The molecule has 3 amide bonds. The van der Waals surface area contributed by atoms with E-state index in [1.54, 1.807) is 24.3 Å². The van der Waals surface area contributed by atoms with Gasteiger partial charge in [0.05, 0.1) is 29.8 Å². The molecule has 0 radical (unpaired) electrons. The van der Waals surface area contributed by atoms with Crippen molar-refractivity contribution < 1.29 is 19.1 Å². The fourth-order valence-corrected chi connectivity index (χ4v) is 3.83. The maximum absolute atomic E-state index is 12.8. The topological polar surface area (TPSA) is 75.7 Å². The maximum Gasteiger partial charge on any atom is 0.261 e. The molecule has 0 saturated carbocycles. The number of ether oxygens (including phenoxy) is 1. The van der Waals surface area contributed by atoms with Crippen molar-refractivity contribution >= 4 is 29.3 Å². The second-order valence-corrected chi connectivity index (χ2v) is 7.80. The van der Waals surface area contributed by atoms with Gasteiger partial charge in [-0.2, -0.15) is 0 Å². The van der Waals surface area contributed by atoms with Crippen molar-refractivity contribution in [3.63, 3.8) is 0 Å². The number of hydrogen-bond acceptors (Lipinski definition) is 4. The average molecular weight is 413 g/mol. The van der Waals surface area contributed by atoms with Gasteiger partial charge < -0.3 is 10.1 Å². The summed E-state index contributed by atoms with van der Waals surface area (Å²) in [6.07, 6.45) is 1.66. The number of amides is 3. The minimum absolute atomic E-state index is 0.111. The van der Waals surface area contributed by atoms with E-state index in [2.05, 4.69) is 5.32 Å². The molecule has 1 N–H and O–H groups in total. The molecule has 2 atom stereocenters. The van der Waals surface area contributed by atoms with Crippen molar-refractivity contribution in [2.75, 3.05) is 13.2 Å². The van der Waals surface area contributed by atoms with Crippen LogP contribution in [0.25, 0.3) is 0 Å². The zero-order chi connectivity index (χ0) is 20.5. The number of nitrogens with zero attached hydrogens (tertiary/aromatic N) is 1. The van der Waals surface area contributed by atoms with E-state index >= 15 is 0 Å². The van der Waals surface area contributed by atoms with Crippen molar-refractivity contribution in [3.8, 4) is 0 Å². The molecule has 0 spiro atoms. The van der Waals surface area contributed by atoms with E-state index < -0.39 is 0 Å². The second-order valence-electron chi connectivity index (χ2n) is 7.36. The fourth-order valence-electron chi connectivity index (χ4n) is 3.70. The van der Waals surface area contributed by atoms with Crippen molar-refractivity contribution in [2.24, 2.45) is 0 Å². The van der Waals surface area contributed by atoms with Crippen LogP contribution in [0, 0.1) is 0 Å². The van der Waals surface area contributed by atoms with Gasteiger partial charge in [0.15, 0.2) is 0 Å². The molecule has 1 saturated heterocycles.